The van der Waals surface area contributed by atoms with E-state index >= 15 is 0 Å². The van der Waals surface area contributed by atoms with E-state index in [1.54, 1.807) is 18.2 Å². The number of halogens is 1. The Morgan fingerprint density at radius 3 is 2.55 bits per heavy atom. The molecule has 1 unspecified atom stereocenters. The van der Waals surface area contributed by atoms with Crippen LogP contribution in [0.25, 0.3) is 0 Å². The zero-order valence-corrected chi connectivity index (χ0v) is 10.9. The number of hydrogen-bond donors (Lipinski definition) is 1. The van der Waals surface area contributed by atoms with Crippen molar-refractivity contribution in [3.05, 3.63) is 27.8 Å². The van der Waals surface area contributed by atoms with Gasteiger partial charge in [0, 0.05) is 3.57 Å². The van der Waals surface area contributed by atoms with Crippen molar-refractivity contribution in [3.63, 3.8) is 0 Å². The molecule has 0 heterocycles. The summed E-state index contributed by atoms with van der Waals surface area (Å²) in [5.41, 5.74) is 0. The molecule has 0 radical (unpaired) electrons. The Balaban J connectivity index is 0. The van der Waals surface area contributed by atoms with Gasteiger partial charge in [0.15, 0.2) is 11.1 Å². The Labute approximate surface area is 105 Å². The van der Waals surface area contributed by atoms with E-state index < -0.39 is 11.1 Å². The standard InChI is InChI=1S/C6H5IO2S.Na.H/c7-5-2-1-3-6(4-5)10(8)9;;/h1-4H,(H,8,9);;/q;+1;-1. The van der Waals surface area contributed by atoms with Crippen LogP contribution in [0.5, 0.6) is 0 Å². The maximum atomic E-state index is 10.5. The van der Waals surface area contributed by atoms with Crippen LogP contribution in [0.3, 0.4) is 0 Å². The summed E-state index contributed by atoms with van der Waals surface area (Å²) in [6.45, 7) is 0. The van der Waals surface area contributed by atoms with Gasteiger partial charge in [-0.1, -0.05) is 6.07 Å². The van der Waals surface area contributed by atoms with Crippen LogP contribution in [0, 0.1) is 3.57 Å². The maximum Gasteiger partial charge on any atom is 1.00 e. The summed E-state index contributed by atoms with van der Waals surface area (Å²) in [7, 11) is 0. The van der Waals surface area contributed by atoms with E-state index in [1.807, 2.05) is 6.07 Å². The minimum atomic E-state index is -1.84. The summed E-state index contributed by atoms with van der Waals surface area (Å²) in [6, 6.07) is 6.93. The summed E-state index contributed by atoms with van der Waals surface area (Å²) in [5.74, 6) is 0. The summed E-state index contributed by atoms with van der Waals surface area (Å²) >= 11 is 0.249. The molecule has 0 aromatic heterocycles. The fourth-order valence-electron chi connectivity index (χ4n) is 0.576. The summed E-state index contributed by atoms with van der Waals surface area (Å²) in [4.78, 5) is 0.451. The first-order valence-electron chi connectivity index (χ1n) is 2.56. The van der Waals surface area contributed by atoms with Gasteiger partial charge in [-0.25, -0.2) is 4.21 Å². The molecule has 0 aliphatic carbocycles. The van der Waals surface area contributed by atoms with Crippen molar-refractivity contribution in [1.29, 1.82) is 0 Å². The summed E-state index contributed by atoms with van der Waals surface area (Å²) < 4.78 is 20.0. The van der Waals surface area contributed by atoms with Crippen LogP contribution >= 0.6 is 22.6 Å². The van der Waals surface area contributed by atoms with Gasteiger partial charge in [-0.2, -0.15) is 0 Å². The molecule has 1 aromatic rings. The van der Waals surface area contributed by atoms with E-state index in [4.69, 9.17) is 4.55 Å². The zero-order chi connectivity index (χ0) is 7.56. The van der Waals surface area contributed by atoms with Crippen LogP contribution in [0.2, 0.25) is 0 Å². The maximum absolute atomic E-state index is 10.5. The van der Waals surface area contributed by atoms with Crippen LogP contribution in [-0.4, -0.2) is 8.76 Å². The van der Waals surface area contributed by atoms with Crippen molar-refractivity contribution in [3.8, 4) is 0 Å². The molecular formula is C6H6INaO2S. The predicted molar refractivity (Wildman–Crippen MR) is 49.3 cm³/mol. The molecule has 1 rings (SSSR count). The third-order valence-electron chi connectivity index (χ3n) is 0.998. The van der Waals surface area contributed by atoms with Crippen molar-refractivity contribution in [1.82, 2.24) is 0 Å². The van der Waals surface area contributed by atoms with Gasteiger partial charge >= 0.3 is 29.6 Å². The van der Waals surface area contributed by atoms with Gasteiger partial charge in [0.2, 0.25) is 0 Å². The molecule has 0 saturated heterocycles. The van der Waals surface area contributed by atoms with E-state index in [-0.39, 0.29) is 31.0 Å². The number of benzene rings is 1. The van der Waals surface area contributed by atoms with E-state index in [0.29, 0.717) is 4.90 Å². The monoisotopic (exact) mass is 292 g/mol. The molecule has 0 aliphatic rings. The average molecular weight is 292 g/mol. The molecule has 0 bridgehead atoms. The Morgan fingerprint density at radius 1 is 1.55 bits per heavy atom. The molecule has 1 atom stereocenters. The quantitative estimate of drug-likeness (QED) is 0.409. The SMILES string of the molecule is O=S(O)c1cccc(I)c1.[H-].[Na+]. The predicted octanol–water partition coefficient (Wildman–Crippen LogP) is -1.01. The Hall–Kier alpha value is 1.06. The molecule has 1 N–H and O–H groups in total. The molecule has 0 amide bonds. The normalized spacial score (nSPS) is 11.8. The van der Waals surface area contributed by atoms with E-state index in [0.717, 1.165) is 3.57 Å². The summed E-state index contributed by atoms with van der Waals surface area (Å²) in [6.07, 6.45) is 0. The molecule has 5 heteroatoms. The molecule has 56 valence electrons. The van der Waals surface area contributed by atoms with Crippen molar-refractivity contribution >= 4 is 33.7 Å². The topological polar surface area (TPSA) is 37.3 Å². The Kier molecular flexibility index (Phi) is 6.21. The molecule has 2 nitrogen and oxygen atoms in total. The second-order valence-corrected chi connectivity index (χ2v) is 3.92. The smallest absolute Gasteiger partial charge is 1.00 e. The van der Waals surface area contributed by atoms with E-state index in [2.05, 4.69) is 22.6 Å². The van der Waals surface area contributed by atoms with Gasteiger partial charge in [-0.15, -0.1) is 0 Å². The Morgan fingerprint density at radius 2 is 2.18 bits per heavy atom. The molecule has 1 aromatic carbocycles. The Bertz CT molecular complexity index is 271. The average Bonchev–Trinajstić information content (AvgIpc) is 1.88. The molecule has 0 saturated carbocycles. The third kappa shape index (κ3) is 4.00. The van der Waals surface area contributed by atoms with Crippen molar-refractivity contribution in [2.75, 3.05) is 0 Å². The van der Waals surface area contributed by atoms with Crippen molar-refractivity contribution in [2.24, 2.45) is 0 Å². The number of rotatable bonds is 1. The molecule has 0 fully saturated rings. The number of hydrogen-bond acceptors (Lipinski definition) is 1. The van der Waals surface area contributed by atoms with Crippen LogP contribution in [0.4, 0.5) is 0 Å². The van der Waals surface area contributed by atoms with Crippen molar-refractivity contribution < 1.29 is 39.7 Å². The van der Waals surface area contributed by atoms with Gasteiger partial charge in [0.05, 0.1) is 4.90 Å². The first kappa shape index (κ1) is 12.1. The van der Waals surface area contributed by atoms with Crippen molar-refractivity contribution in [2.45, 2.75) is 4.90 Å². The molecule has 11 heavy (non-hydrogen) atoms. The fraction of sp³-hybridized carbons (Fsp3) is 0. The van der Waals surface area contributed by atoms with Gasteiger partial charge in [0.25, 0.3) is 0 Å². The zero-order valence-electron chi connectivity index (χ0n) is 6.95. The van der Waals surface area contributed by atoms with Crippen LogP contribution in [-0.2, 0) is 11.1 Å². The minimum Gasteiger partial charge on any atom is -1.00 e. The molecule has 0 aliphatic heterocycles. The fourth-order valence-corrected chi connectivity index (χ4v) is 1.75. The van der Waals surface area contributed by atoms with Crippen LogP contribution in [0.15, 0.2) is 29.2 Å². The van der Waals surface area contributed by atoms with E-state index in [1.165, 1.54) is 0 Å². The first-order valence-corrected chi connectivity index (χ1v) is 4.75. The second-order valence-electron chi connectivity index (χ2n) is 1.71. The first-order chi connectivity index (χ1) is 4.70. The van der Waals surface area contributed by atoms with Gasteiger partial charge < -0.3 is 5.98 Å². The largest absolute Gasteiger partial charge is 1.00 e. The van der Waals surface area contributed by atoms with Gasteiger partial charge in [0.1, 0.15) is 0 Å². The van der Waals surface area contributed by atoms with Crippen LogP contribution < -0.4 is 29.6 Å². The third-order valence-corrected chi connectivity index (χ3v) is 2.33. The summed E-state index contributed by atoms with van der Waals surface area (Å²) in [5, 5.41) is 0. The second kappa shape index (κ2) is 5.66. The van der Waals surface area contributed by atoms with Gasteiger partial charge in [-0.3, -0.25) is 0 Å². The molecule has 0 spiro atoms. The van der Waals surface area contributed by atoms with E-state index in [9.17, 15) is 4.21 Å². The van der Waals surface area contributed by atoms with Gasteiger partial charge in [-0.05, 0) is 40.8 Å². The molecular weight excluding hydrogens is 286 g/mol. The van der Waals surface area contributed by atoms with Crippen LogP contribution in [0.1, 0.15) is 1.43 Å². The minimum absolute atomic E-state index is 0.